The van der Waals surface area contributed by atoms with Gasteiger partial charge in [0.25, 0.3) is 0 Å². The Morgan fingerprint density at radius 1 is 1.17 bits per heavy atom. The van der Waals surface area contributed by atoms with Gasteiger partial charge in [-0.2, -0.15) is 18.4 Å². The monoisotopic (exact) mass is 435 g/mol. The number of likely N-dealkylation sites (N-methyl/N-ethyl adjacent to an activating group) is 1. The average molecular weight is 436 g/mol. The lowest BCUT2D eigenvalue weighted by Gasteiger charge is -2.23. The first-order valence-corrected chi connectivity index (χ1v) is 9.45. The molecule has 4 nitrogen and oxygen atoms in total. The zero-order valence-corrected chi connectivity index (χ0v) is 17.3. The Bertz CT molecular complexity index is 965. The van der Waals surface area contributed by atoms with Crippen LogP contribution < -0.4 is 0 Å². The lowest BCUT2D eigenvalue weighted by molar-refractivity contribution is -0.137. The molecule has 0 aliphatic carbocycles. The molecule has 0 spiro atoms. The number of amides is 1. The molecule has 0 atom stereocenters. The third-order valence-corrected chi connectivity index (χ3v) is 4.60. The van der Waals surface area contributed by atoms with Gasteiger partial charge >= 0.3 is 6.18 Å². The summed E-state index contributed by atoms with van der Waals surface area (Å²) >= 11 is 5.63. The van der Waals surface area contributed by atoms with Crippen LogP contribution >= 0.6 is 11.6 Å². The van der Waals surface area contributed by atoms with E-state index in [0.717, 1.165) is 17.7 Å². The maximum atomic E-state index is 13.0. The van der Waals surface area contributed by atoms with Crippen molar-refractivity contribution in [2.75, 3.05) is 27.2 Å². The first-order chi connectivity index (χ1) is 14.1. The van der Waals surface area contributed by atoms with Crippen LogP contribution in [0.2, 0.25) is 5.02 Å². The quantitative estimate of drug-likeness (QED) is 0.585. The normalized spacial score (nSPS) is 11.7. The molecule has 0 aliphatic rings. The van der Waals surface area contributed by atoms with Crippen molar-refractivity contribution in [2.24, 2.45) is 0 Å². The van der Waals surface area contributed by atoms with E-state index in [0.29, 0.717) is 18.7 Å². The van der Waals surface area contributed by atoms with Crippen molar-refractivity contribution in [3.8, 4) is 6.07 Å². The molecular weight excluding hydrogens is 415 g/mol. The first-order valence-electron chi connectivity index (χ1n) is 9.07. The average Bonchev–Trinajstić information content (AvgIpc) is 2.69. The molecule has 2 rings (SSSR count). The van der Waals surface area contributed by atoms with Gasteiger partial charge < -0.3 is 9.80 Å². The summed E-state index contributed by atoms with van der Waals surface area (Å²) < 4.78 is 39.1. The second-order valence-electron chi connectivity index (χ2n) is 6.95. The smallest absolute Gasteiger partial charge is 0.334 e. The first kappa shape index (κ1) is 23.5. The Hall–Kier alpha value is -2.82. The van der Waals surface area contributed by atoms with Crippen molar-refractivity contribution in [1.29, 1.82) is 5.26 Å². The molecule has 0 heterocycles. The van der Waals surface area contributed by atoms with Crippen LogP contribution in [-0.4, -0.2) is 42.9 Å². The summed E-state index contributed by atoms with van der Waals surface area (Å²) in [4.78, 5) is 16.2. The molecule has 0 radical (unpaired) electrons. The molecule has 0 aliphatic heterocycles. The minimum Gasteiger partial charge on any atom is -0.334 e. The summed E-state index contributed by atoms with van der Waals surface area (Å²) in [6.07, 6.45) is -2.00. The minimum atomic E-state index is -4.57. The third kappa shape index (κ3) is 6.90. The summed E-state index contributed by atoms with van der Waals surface area (Å²) in [5, 5.41) is 8.66. The van der Waals surface area contributed by atoms with Crippen molar-refractivity contribution >= 4 is 23.6 Å². The molecule has 0 unspecified atom stereocenters. The van der Waals surface area contributed by atoms with E-state index in [1.807, 2.05) is 25.1 Å². The number of carbonyl (C=O) groups is 1. The Morgan fingerprint density at radius 3 is 2.53 bits per heavy atom. The topological polar surface area (TPSA) is 47.3 Å². The van der Waals surface area contributed by atoms with Crippen molar-refractivity contribution in [1.82, 2.24) is 9.80 Å². The van der Waals surface area contributed by atoms with Crippen LogP contribution in [0.3, 0.4) is 0 Å². The third-order valence-electron chi connectivity index (χ3n) is 4.27. The van der Waals surface area contributed by atoms with E-state index in [1.165, 1.54) is 18.2 Å². The van der Waals surface area contributed by atoms with E-state index in [9.17, 15) is 18.0 Å². The predicted octanol–water partition coefficient (Wildman–Crippen LogP) is 4.83. The zero-order chi connectivity index (χ0) is 22.3. The molecular formula is C22H21ClF3N3O. The maximum absolute atomic E-state index is 13.0. The standard InChI is InChI=1S/C22H21ClF3N3O/c1-28(2)10-11-29(15-18-5-3-4-17(12-18)14-27)21(30)9-7-16-6-8-20(23)19(13-16)22(24,25)26/h3-9,12-13H,10-11,15H2,1-2H3/b9-7+. The van der Waals surface area contributed by atoms with Crippen LogP contribution in [0.4, 0.5) is 13.2 Å². The van der Waals surface area contributed by atoms with Crippen molar-refractivity contribution < 1.29 is 18.0 Å². The minimum absolute atomic E-state index is 0.221. The maximum Gasteiger partial charge on any atom is 0.417 e. The van der Waals surface area contributed by atoms with Gasteiger partial charge in [0.2, 0.25) is 5.91 Å². The Balaban J connectivity index is 2.22. The lowest BCUT2D eigenvalue weighted by Crippen LogP contribution is -2.35. The van der Waals surface area contributed by atoms with Gasteiger partial charge in [-0.1, -0.05) is 29.8 Å². The molecule has 158 valence electrons. The number of alkyl halides is 3. The molecule has 0 saturated heterocycles. The highest BCUT2D eigenvalue weighted by Gasteiger charge is 2.33. The van der Waals surface area contributed by atoms with Crippen LogP contribution in [-0.2, 0) is 17.5 Å². The van der Waals surface area contributed by atoms with Gasteiger partial charge in [-0.15, -0.1) is 0 Å². The number of rotatable bonds is 7. The van der Waals surface area contributed by atoms with Gasteiger partial charge in [0.15, 0.2) is 0 Å². The number of nitrogens with zero attached hydrogens (tertiary/aromatic N) is 3. The fraction of sp³-hybridized carbons (Fsp3) is 0.273. The van der Waals surface area contributed by atoms with E-state index in [4.69, 9.17) is 16.9 Å². The highest BCUT2D eigenvalue weighted by Crippen LogP contribution is 2.35. The number of nitriles is 1. The van der Waals surface area contributed by atoms with Gasteiger partial charge in [-0.25, -0.2) is 0 Å². The van der Waals surface area contributed by atoms with E-state index < -0.39 is 16.8 Å². The highest BCUT2D eigenvalue weighted by molar-refractivity contribution is 6.31. The molecule has 2 aromatic rings. The molecule has 0 aromatic heterocycles. The van der Waals surface area contributed by atoms with Gasteiger partial charge in [0.1, 0.15) is 0 Å². The fourth-order valence-corrected chi connectivity index (χ4v) is 2.91. The van der Waals surface area contributed by atoms with E-state index >= 15 is 0 Å². The Morgan fingerprint density at radius 2 is 1.90 bits per heavy atom. The Labute approximate surface area is 178 Å². The van der Waals surface area contributed by atoms with Gasteiger partial charge in [-0.05, 0) is 55.6 Å². The number of hydrogen-bond donors (Lipinski definition) is 0. The van der Waals surface area contributed by atoms with Gasteiger partial charge in [-0.3, -0.25) is 4.79 Å². The number of hydrogen-bond acceptors (Lipinski definition) is 3. The molecule has 30 heavy (non-hydrogen) atoms. The lowest BCUT2D eigenvalue weighted by atomic mass is 10.1. The summed E-state index contributed by atoms with van der Waals surface area (Å²) in [5.74, 6) is -0.345. The largest absolute Gasteiger partial charge is 0.417 e. The van der Waals surface area contributed by atoms with E-state index in [-0.39, 0.29) is 18.0 Å². The van der Waals surface area contributed by atoms with Crippen LogP contribution in [0.25, 0.3) is 6.08 Å². The van der Waals surface area contributed by atoms with Crippen LogP contribution in [0.5, 0.6) is 0 Å². The van der Waals surface area contributed by atoms with Crippen LogP contribution in [0.15, 0.2) is 48.5 Å². The van der Waals surface area contributed by atoms with E-state index in [1.54, 1.807) is 23.1 Å². The summed E-state index contributed by atoms with van der Waals surface area (Å²) in [5.41, 5.74) is 0.556. The van der Waals surface area contributed by atoms with E-state index in [2.05, 4.69) is 6.07 Å². The molecule has 0 bridgehead atoms. The number of halogens is 4. The second-order valence-corrected chi connectivity index (χ2v) is 7.35. The zero-order valence-electron chi connectivity index (χ0n) is 16.6. The molecule has 8 heteroatoms. The van der Waals surface area contributed by atoms with Gasteiger partial charge in [0, 0.05) is 25.7 Å². The molecule has 0 saturated carbocycles. The summed E-state index contributed by atoms with van der Waals surface area (Å²) in [6.45, 7) is 1.30. The van der Waals surface area contributed by atoms with Crippen molar-refractivity contribution in [3.63, 3.8) is 0 Å². The molecule has 1 amide bonds. The fourth-order valence-electron chi connectivity index (χ4n) is 2.68. The molecule has 2 aromatic carbocycles. The Kier molecular flexibility index (Phi) is 8.04. The van der Waals surface area contributed by atoms with Crippen LogP contribution in [0, 0.1) is 11.3 Å². The number of carbonyl (C=O) groups excluding carboxylic acids is 1. The summed E-state index contributed by atoms with van der Waals surface area (Å²) in [6, 6.07) is 12.5. The molecule has 0 fully saturated rings. The van der Waals surface area contributed by atoms with Crippen molar-refractivity contribution in [2.45, 2.75) is 12.7 Å². The number of benzene rings is 2. The SMILES string of the molecule is CN(C)CCN(Cc1cccc(C#N)c1)C(=O)/C=C/c1ccc(Cl)c(C(F)(F)F)c1. The highest BCUT2D eigenvalue weighted by atomic mass is 35.5. The second kappa shape index (κ2) is 10.3. The summed E-state index contributed by atoms with van der Waals surface area (Å²) in [7, 11) is 3.75. The predicted molar refractivity (Wildman–Crippen MR) is 111 cm³/mol. The van der Waals surface area contributed by atoms with Crippen molar-refractivity contribution in [3.05, 3.63) is 75.8 Å². The van der Waals surface area contributed by atoms with Crippen LogP contribution in [0.1, 0.15) is 22.3 Å². The van der Waals surface area contributed by atoms with Gasteiger partial charge in [0.05, 0.1) is 22.2 Å². The molecule has 0 N–H and O–H groups in total.